The molecule has 4 aromatic rings. The number of aromatic nitrogens is 5. The highest BCUT2D eigenvalue weighted by atomic mass is 19.3. The average Bonchev–Trinajstić information content (AvgIpc) is 3.46. The van der Waals surface area contributed by atoms with Crippen LogP contribution < -0.4 is 10.2 Å². The van der Waals surface area contributed by atoms with Crippen LogP contribution in [0.3, 0.4) is 0 Å². The van der Waals surface area contributed by atoms with Gasteiger partial charge in [-0.05, 0) is 43.9 Å². The third-order valence-corrected chi connectivity index (χ3v) is 8.53. The Bertz CT molecular complexity index is 1710. The van der Waals surface area contributed by atoms with Crippen molar-refractivity contribution in [3.63, 3.8) is 0 Å². The Hall–Kier alpha value is -4.29. The number of anilines is 2. The molecule has 0 bridgehead atoms. The van der Waals surface area contributed by atoms with Gasteiger partial charge in [0.25, 0.3) is 6.43 Å². The molecule has 3 aliphatic rings. The molecule has 3 fully saturated rings. The summed E-state index contributed by atoms with van der Waals surface area (Å²) in [5, 5.41) is 7.66. The number of nitrogens with one attached hydrogen (secondary N) is 1. The maximum absolute atomic E-state index is 13.8. The van der Waals surface area contributed by atoms with Crippen LogP contribution in [0.25, 0.3) is 27.8 Å². The quantitative estimate of drug-likeness (QED) is 0.390. The average molecular weight is 565 g/mol. The monoisotopic (exact) mass is 564 g/mol. The molecule has 13 heteroatoms. The number of halogens is 3. The lowest BCUT2D eigenvalue weighted by atomic mass is 9.78. The molecule has 2 aliphatic heterocycles. The molecule has 1 aliphatic carbocycles. The van der Waals surface area contributed by atoms with E-state index in [9.17, 15) is 22.8 Å². The Balaban J connectivity index is 1.24. The minimum Gasteiger partial charge on any atom is -0.369 e. The first kappa shape index (κ1) is 25.7. The van der Waals surface area contributed by atoms with E-state index in [2.05, 4.69) is 30.3 Å². The molecule has 6 heterocycles. The van der Waals surface area contributed by atoms with Crippen molar-refractivity contribution in [2.75, 3.05) is 36.9 Å². The Morgan fingerprint density at radius 3 is 2.71 bits per heavy atom. The lowest BCUT2D eigenvalue weighted by molar-refractivity contribution is -0.135. The number of likely N-dealkylation sites (tertiary alicyclic amines) is 1. The van der Waals surface area contributed by atoms with Crippen molar-refractivity contribution in [2.45, 2.75) is 38.3 Å². The van der Waals surface area contributed by atoms with Gasteiger partial charge in [-0.3, -0.25) is 14.6 Å². The summed E-state index contributed by atoms with van der Waals surface area (Å²) in [5.41, 5.74) is 1.03. The summed E-state index contributed by atoms with van der Waals surface area (Å²) in [6.45, 7) is 2.22. The molecule has 1 N–H and O–H groups in total. The molecule has 1 spiro atoms. The first-order valence-electron chi connectivity index (χ1n) is 13.6. The minimum absolute atomic E-state index is 0.106. The molecule has 10 nitrogen and oxygen atoms in total. The third-order valence-electron chi connectivity index (χ3n) is 8.53. The Labute approximate surface area is 232 Å². The van der Waals surface area contributed by atoms with Crippen LogP contribution in [0.5, 0.6) is 0 Å². The molecule has 3 atom stereocenters. The van der Waals surface area contributed by atoms with E-state index in [1.807, 2.05) is 30.3 Å². The maximum Gasteiger partial charge on any atom is 0.281 e. The van der Waals surface area contributed by atoms with Crippen LogP contribution in [-0.2, 0) is 9.59 Å². The fourth-order valence-electron chi connectivity index (χ4n) is 6.13. The van der Waals surface area contributed by atoms with Crippen molar-refractivity contribution in [1.29, 1.82) is 0 Å². The van der Waals surface area contributed by atoms with Gasteiger partial charge in [0.1, 0.15) is 17.7 Å². The highest BCUT2D eigenvalue weighted by molar-refractivity contribution is 6.00. The van der Waals surface area contributed by atoms with Crippen molar-refractivity contribution in [1.82, 2.24) is 29.5 Å². The maximum atomic E-state index is 13.8. The number of nitrogens with zero attached hydrogens (tertiary/aromatic N) is 7. The Kier molecular flexibility index (Phi) is 5.87. The molecule has 0 unspecified atom stereocenters. The molecule has 2 amide bonds. The van der Waals surface area contributed by atoms with Gasteiger partial charge >= 0.3 is 0 Å². The van der Waals surface area contributed by atoms with Crippen LogP contribution in [-0.4, -0.2) is 74.1 Å². The van der Waals surface area contributed by atoms with E-state index in [0.717, 1.165) is 38.0 Å². The van der Waals surface area contributed by atoms with Crippen molar-refractivity contribution in [2.24, 2.45) is 11.3 Å². The summed E-state index contributed by atoms with van der Waals surface area (Å²) in [6.07, 6.45) is 3.14. The zero-order valence-corrected chi connectivity index (χ0v) is 22.2. The van der Waals surface area contributed by atoms with Gasteiger partial charge in [0.2, 0.25) is 11.8 Å². The zero-order chi connectivity index (χ0) is 28.5. The van der Waals surface area contributed by atoms with Crippen molar-refractivity contribution in [3.05, 3.63) is 42.5 Å². The van der Waals surface area contributed by atoms with Crippen LogP contribution >= 0.6 is 0 Å². The Morgan fingerprint density at radius 2 is 1.98 bits per heavy atom. The summed E-state index contributed by atoms with van der Waals surface area (Å²) < 4.78 is 42.5. The van der Waals surface area contributed by atoms with Crippen molar-refractivity contribution in [3.8, 4) is 11.4 Å². The van der Waals surface area contributed by atoms with Gasteiger partial charge in [-0.15, -0.1) is 5.10 Å². The second-order valence-electron chi connectivity index (χ2n) is 11.2. The fourth-order valence-corrected chi connectivity index (χ4v) is 6.13. The van der Waals surface area contributed by atoms with Crippen LogP contribution in [0.4, 0.5) is 24.7 Å². The molecular formula is C28H27F3N8O2. The highest BCUT2D eigenvalue weighted by Crippen LogP contribution is 2.41. The lowest BCUT2D eigenvalue weighted by Crippen LogP contribution is -2.47. The highest BCUT2D eigenvalue weighted by Gasteiger charge is 2.48. The summed E-state index contributed by atoms with van der Waals surface area (Å²) in [4.78, 5) is 41.9. The molecule has 1 saturated carbocycles. The smallest absolute Gasteiger partial charge is 0.281 e. The van der Waals surface area contributed by atoms with Crippen molar-refractivity contribution < 1.29 is 22.8 Å². The number of carbonyl (C=O) groups excluding carboxylic acids is 2. The van der Waals surface area contributed by atoms with Gasteiger partial charge in [-0.1, -0.05) is 0 Å². The van der Waals surface area contributed by atoms with Gasteiger partial charge < -0.3 is 15.1 Å². The molecule has 2 saturated heterocycles. The Morgan fingerprint density at radius 1 is 1.15 bits per heavy atom. The second-order valence-corrected chi connectivity index (χ2v) is 11.2. The van der Waals surface area contributed by atoms with Crippen LogP contribution in [0.2, 0.25) is 0 Å². The molecule has 4 aromatic heterocycles. The van der Waals surface area contributed by atoms with E-state index < -0.39 is 30.1 Å². The summed E-state index contributed by atoms with van der Waals surface area (Å²) in [5.74, 6) is -0.649. The molecule has 212 valence electrons. The second kappa shape index (κ2) is 9.38. The van der Waals surface area contributed by atoms with Crippen molar-refractivity contribution >= 4 is 39.7 Å². The van der Waals surface area contributed by atoms with E-state index in [4.69, 9.17) is 0 Å². The predicted molar refractivity (Wildman–Crippen MR) is 144 cm³/mol. The van der Waals surface area contributed by atoms with E-state index in [0.29, 0.717) is 23.1 Å². The van der Waals surface area contributed by atoms with Gasteiger partial charge in [0.15, 0.2) is 11.5 Å². The number of hydrogen-bond donors (Lipinski definition) is 1. The number of alkyl halides is 3. The van der Waals surface area contributed by atoms with E-state index in [-0.39, 0.29) is 34.8 Å². The van der Waals surface area contributed by atoms with Gasteiger partial charge in [-0.25, -0.2) is 27.7 Å². The van der Waals surface area contributed by atoms with Crippen LogP contribution in [0.15, 0.2) is 36.8 Å². The number of carbonyl (C=O) groups is 2. The number of pyridine rings is 3. The normalized spacial score (nSPS) is 24.3. The van der Waals surface area contributed by atoms with Crippen LogP contribution in [0, 0.1) is 11.3 Å². The fraction of sp³-hybridized carbons (Fsp3) is 0.429. The standard InChI is InChI=1S/C28H27F3N8O2/c1-37-8-6-28(27(37)41)5-2-7-38(14-28)15-3-4-22-35-25(36-39(22)13-15)19-12-33-23(24(30)31)18-11-32-21(10-16(18)19)34-26(40)17-9-20(17)29/h3-4,10-13,17,20,24H,2,5-9,14H2,1H3,(H,32,34,40)/t17-,20+,28-/m1/s1. The van der Waals surface area contributed by atoms with Gasteiger partial charge in [0, 0.05) is 55.4 Å². The molecule has 41 heavy (non-hydrogen) atoms. The largest absolute Gasteiger partial charge is 0.369 e. The lowest BCUT2D eigenvalue weighted by Gasteiger charge is -2.40. The first-order valence-corrected chi connectivity index (χ1v) is 13.6. The number of hydrogen-bond acceptors (Lipinski definition) is 7. The number of rotatable bonds is 5. The number of amides is 2. The zero-order valence-electron chi connectivity index (χ0n) is 22.2. The molecule has 0 aromatic carbocycles. The summed E-state index contributed by atoms with van der Waals surface area (Å²) >= 11 is 0. The first-order chi connectivity index (χ1) is 19.7. The van der Waals surface area contributed by atoms with E-state index in [1.165, 1.54) is 18.5 Å². The van der Waals surface area contributed by atoms with E-state index in [1.54, 1.807) is 4.52 Å². The van der Waals surface area contributed by atoms with E-state index >= 15 is 0 Å². The van der Waals surface area contributed by atoms with Gasteiger partial charge in [-0.2, -0.15) is 0 Å². The molecular weight excluding hydrogens is 537 g/mol. The molecule has 7 rings (SSSR count). The minimum atomic E-state index is -2.84. The predicted octanol–water partition coefficient (Wildman–Crippen LogP) is 4.02. The van der Waals surface area contributed by atoms with Gasteiger partial charge in [0.05, 0.1) is 23.2 Å². The van der Waals surface area contributed by atoms with Crippen LogP contribution in [0.1, 0.15) is 37.8 Å². The summed E-state index contributed by atoms with van der Waals surface area (Å²) in [6, 6.07) is 5.24. The number of piperidine rings is 1. The topological polar surface area (TPSA) is 109 Å². The SMILES string of the molecule is CN1CC[C@@]2(CCCN(c3ccc4nc(-c5cnc(C(F)F)c6cnc(NC(=O)[C@@H]7C[C@@H]7F)cc56)nn4c3)C2)C1=O. The number of fused-ring (bicyclic) bond motifs is 2. The molecule has 0 radical (unpaired) electrons. The third kappa shape index (κ3) is 4.34. The summed E-state index contributed by atoms with van der Waals surface area (Å²) in [7, 11) is 1.85.